The Labute approximate surface area is 130 Å². The first-order valence-electron chi connectivity index (χ1n) is 8.80. The van der Waals surface area contributed by atoms with Gasteiger partial charge in [0.15, 0.2) is 0 Å². The SMILES string of the molecule is CCN1CCC(N(C)C(C)CC(C)(CO)NC2CC2)CC1. The fourth-order valence-electron chi connectivity index (χ4n) is 3.69. The molecule has 1 saturated heterocycles. The van der Waals surface area contributed by atoms with Crippen LogP contribution in [0.5, 0.6) is 0 Å². The molecule has 0 spiro atoms. The molecule has 21 heavy (non-hydrogen) atoms. The van der Waals surface area contributed by atoms with Crippen molar-refractivity contribution < 1.29 is 5.11 Å². The molecule has 0 aromatic carbocycles. The fraction of sp³-hybridized carbons (Fsp3) is 1.00. The second-order valence-corrected chi connectivity index (χ2v) is 7.52. The monoisotopic (exact) mass is 297 g/mol. The van der Waals surface area contributed by atoms with Gasteiger partial charge in [0, 0.05) is 23.7 Å². The van der Waals surface area contributed by atoms with Crippen molar-refractivity contribution in [1.29, 1.82) is 0 Å². The number of nitrogens with one attached hydrogen (secondary N) is 1. The molecule has 1 saturated carbocycles. The van der Waals surface area contributed by atoms with Gasteiger partial charge in [0.05, 0.1) is 6.61 Å². The fourth-order valence-corrected chi connectivity index (χ4v) is 3.69. The molecule has 2 rings (SSSR count). The molecule has 4 heteroatoms. The van der Waals surface area contributed by atoms with Crippen molar-refractivity contribution >= 4 is 0 Å². The molecule has 4 nitrogen and oxygen atoms in total. The Kier molecular flexibility index (Phi) is 6.06. The van der Waals surface area contributed by atoms with Gasteiger partial charge in [-0.15, -0.1) is 0 Å². The Hall–Kier alpha value is -0.160. The zero-order chi connectivity index (χ0) is 15.5. The van der Waals surface area contributed by atoms with Crippen molar-refractivity contribution in [3.63, 3.8) is 0 Å². The number of nitrogens with zero attached hydrogens (tertiary/aromatic N) is 2. The number of hydrogen-bond donors (Lipinski definition) is 2. The Morgan fingerprint density at radius 2 is 1.90 bits per heavy atom. The Bertz CT molecular complexity index is 313. The van der Waals surface area contributed by atoms with Crippen LogP contribution in [-0.4, -0.2) is 71.9 Å². The van der Waals surface area contributed by atoms with Crippen LogP contribution in [0.3, 0.4) is 0 Å². The molecule has 1 aliphatic carbocycles. The van der Waals surface area contributed by atoms with Gasteiger partial charge in [0.1, 0.15) is 0 Å². The minimum absolute atomic E-state index is 0.126. The summed E-state index contributed by atoms with van der Waals surface area (Å²) in [5.74, 6) is 0. The van der Waals surface area contributed by atoms with Gasteiger partial charge >= 0.3 is 0 Å². The molecule has 0 aromatic rings. The first kappa shape index (κ1) is 17.2. The first-order valence-corrected chi connectivity index (χ1v) is 8.80. The molecular formula is C17H35N3O. The smallest absolute Gasteiger partial charge is 0.0611 e. The van der Waals surface area contributed by atoms with Crippen molar-refractivity contribution in [3.8, 4) is 0 Å². The van der Waals surface area contributed by atoms with Crippen LogP contribution in [-0.2, 0) is 0 Å². The maximum absolute atomic E-state index is 9.78. The van der Waals surface area contributed by atoms with Gasteiger partial charge in [0.25, 0.3) is 0 Å². The lowest BCUT2D eigenvalue weighted by Gasteiger charge is -2.42. The molecule has 1 aliphatic heterocycles. The second-order valence-electron chi connectivity index (χ2n) is 7.52. The maximum Gasteiger partial charge on any atom is 0.0611 e. The molecular weight excluding hydrogens is 262 g/mol. The van der Waals surface area contributed by atoms with E-state index in [1.54, 1.807) is 0 Å². The molecule has 2 atom stereocenters. The summed E-state index contributed by atoms with van der Waals surface area (Å²) in [6, 6.07) is 1.85. The van der Waals surface area contributed by atoms with E-state index in [9.17, 15) is 5.11 Å². The highest BCUT2D eigenvalue weighted by atomic mass is 16.3. The van der Waals surface area contributed by atoms with Crippen LogP contribution in [0.15, 0.2) is 0 Å². The highest BCUT2D eigenvalue weighted by Gasteiger charge is 2.35. The third kappa shape index (κ3) is 4.92. The van der Waals surface area contributed by atoms with E-state index in [4.69, 9.17) is 0 Å². The van der Waals surface area contributed by atoms with E-state index in [1.807, 2.05) is 0 Å². The summed E-state index contributed by atoms with van der Waals surface area (Å²) >= 11 is 0. The van der Waals surface area contributed by atoms with Crippen LogP contribution in [0.2, 0.25) is 0 Å². The molecule has 0 amide bonds. The number of piperidine rings is 1. The van der Waals surface area contributed by atoms with Gasteiger partial charge < -0.3 is 20.2 Å². The van der Waals surface area contributed by atoms with E-state index in [1.165, 1.54) is 45.3 Å². The van der Waals surface area contributed by atoms with E-state index in [-0.39, 0.29) is 12.1 Å². The molecule has 2 aliphatic rings. The van der Waals surface area contributed by atoms with Gasteiger partial charge in [-0.05, 0) is 72.6 Å². The minimum Gasteiger partial charge on any atom is -0.394 e. The van der Waals surface area contributed by atoms with E-state index in [0.29, 0.717) is 18.1 Å². The number of hydrogen-bond acceptors (Lipinski definition) is 4. The number of rotatable bonds is 8. The Morgan fingerprint density at radius 3 is 2.38 bits per heavy atom. The molecule has 1 heterocycles. The van der Waals surface area contributed by atoms with E-state index in [2.05, 4.69) is 42.9 Å². The first-order chi connectivity index (χ1) is 9.97. The third-order valence-corrected chi connectivity index (χ3v) is 5.50. The predicted octanol–water partition coefficient (Wildman–Crippen LogP) is 1.68. The molecule has 2 unspecified atom stereocenters. The van der Waals surface area contributed by atoms with Gasteiger partial charge in [-0.25, -0.2) is 0 Å². The van der Waals surface area contributed by atoms with Gasteiger partial charge in [-0.2, -0.15) is 0 Å². The summed E-state index contributed by atoms with van der Waals surface area (Å²) in [6.45, 7) is 10.6. The highest BCUT2D eigenvalue weighted by Crippen LogP contribution is 2.26. The molecule has 124 valence electrons. The largest absolute Gasteiger partial charge is 0.394 e. The zero-order valence-corrected chi connectivity index (χ0v) is 14.4. The minimum atomic E-state index is -0.126. The molecule has 0 aromatic heterocycles. The molecule has 0 radical (unpaired) electrons. The lowest BCUT2D eigenvalue weighted by molar-refractivity contribution is 0.0735. The summed E-state index contributed by atoms with van der Waals surface area (Å²) in [6.07, 6.45) is 6.12. The highest BCUT2D eigenvalue weighted by molar-refractivity contribution is 4.95. The lowest BCUT2D eigenvalue weighted by Crippen LogP contribution is -2.53. The summed E-state index contributed by atoms with van der Waals surface area (Å²) in [7, 11) is 2.27. The topological polar surface area (TPSA) is 38.7 Å². The Balaban J connectivity index is 1.82. The van der Waals surface area contributed by atoms with E-state index < -0.39 is 0 Å². The second kappa shape index (κ2) is 7.40. The van der Waals surface area contributed by atoms with Crippen molar-refractivity contribution in [1.82, 2.24) is 15.1 Å². The van der Waals surface area contributed by atoms with E-state index in [0.717, 1.165) is 6.42 Å². The quantitative estimate of drug-likeness (QED) is 0.715. The van der Waals surface area contributed by atoms with Gasteiger partial charge in [0.2, 0.25) is 0 Å². The number of aliphatic hydroxyl groups is 1. The summed E-state index contributed by atoms with van der Waals surface area (Å²) < 4.78 is 0. The van der Waals surface area contributed by atoms with Crippen molar-refractivity contribution in [3.05, 3.63) is 0 Å². The zero-order valence-electron chi connectivity index (χ0n) is 14.4. The van der Waals surface area contributed by atoms with Gasteiger partial charge in [-0.1, -0.05) is 6.92 Å². The third-order valence-electron chi connectivity index (χ3n) is 5.50. The number of likely N-dealkylation sites (tertiary alicyclic amines) is 1. The predicted molar refractivity (Wildman–Crippen MR) is 88.6 cm³/mol. The van der Waals surface area contributed by atoms with Crippen LogP contribution in [0.4, 0.5) is 0 Å². The van der Waals surface area contributed by atoms with Crippen molar-refractivity contribution in [2.75, 3.05) is 33.3 Å². The lowest BCUT2D eigenvalue weighted by atomic mass is 9.92. The Morgan fingerprint density at radius 1 is 1.29 bits per heavy atom. The van der Waals surface area contributed by atoms with Crippen LogP contribution >= 0.6 is 0 Å². The van der Waals surface area contributed by atoms with Crippen LogP contribution in [0.1, 0.15) is 52.9 Å². The average molecular weight is 297 g/mol. The normalized spacial score (nSPS) is 26.0. The summed E-state index contributed by atoms with van der Waals surface area (Å²) in [5.41, 5.74) is -0.126. The van der Waals surface area contributed by atoms with Gasteiger partial charge in [-0.3, -0.25) is 0 Å². The molecule has 2 fully saturated rings. The van der Waals surface area contributed by atoms with Crippen molar-refractivity contribution in [2.45, 2.75) is 76.5 Å². The van der Waals surface area contributed by atoms with Crippen LogP contribution in [0.25, 0.3) is 0 Å². The maximum atomic E-state index is 9.78. The standard InChI is InChI=1S/C17H35N3O/c1-5-20-10-8-16(9-11-20)19(4)14(2)12-17(3,13-21)18-15-6-7-15/h14-16,18,21H,5-13H2,1-4H3. The molecule has 2 N–H and O–H groups in total. The van der Waals surface area contributed by atoms with Crippen LogP contribution in [0, 0.1) is 0 Å². The van der Waals surface area contributed by atoms with Crippen LogP contribution < -0.4 is 5.32 Å². The van der Waals surface area contributed by atoms with Crippen molar-refractivity contribution in [2.24, 2.45) is 0 Å². The molecule has 0 bridgehead atoms. The summed E-state index contributed by atoms with van der Waals surface area (Å²) in [4.78, 5) is 5.09. The van der Waals surface area contributed by atoms with E-state index >= 15 is 0 Å². The average Bonchev–Trinajstić information content (AvgIpc) is 3.30. The summed E-state index contributed by atoms with van der Waals surface area (Å²) in [5, 5.41) is 13.4. The number of aliphatic hydroxyl groups excluding tert-OH is 1.